The first-order valence-corrected chi connectivity index (χ1v) is 7.61. The first kappa shape index (κ1) is 13.4. The van der Waals surface area contributed by atoms with Crippen LogP contribution in [0.25, 0.3) is 0 Å². The van der Waals surface area contributed by atoms with E-state index in [9.17, 15) is 0 Å². The van der Waals surface area contributed by atoms with Crippen molar-refractivity contribution in [2.75, 3.05) is 0 Å². The topological polar surface area (TPSA) is 0 Å². The summed E-state index contributed by atoms with van der Waals surface area (Å²) in [7, 11) is 0. The monoisotopic (exact) mass is 242 g/mol. The maximum absolute atomic E-state index is 2.49. The number of hydrogen-bond acceptors (Lipinski definition) is 0. The van der Waals surface area contributed by atoms with Crippen LogP contribution in [-0.2, 0) is 12.8 Å². The fourth-order valence-corrected chi connectivity index (χ4v) is 2.97. The zero-order valence-corrected chi connectivity index (χ0v) is 11.9. The molecule has 0 heteroatoms. The second kappa shape index (κ2) is 6.78. The molecule has 0 amide bonds. The molecule has 0 spiro atoms. The van der Waals surface area contributed by atoms with Crippen LogP contribution in [0.3, 0.4) is 0 Å². The normalized spacial score (nSPS) is 16.8. The van der Waals surface area contributed by atoms with Crippen molar-refractivity contribution in [3.8, 4) is 0 Å². The Morgan fingerprint density at radius 3 is 2.56 bits per heavy atom. The van der Waals surface area contributed by atoms with Gasteiger partial charge in [0.05, 0.1) is 0 Å². The van der Waals surface area contributed by atoms with Gasteiger partial charge in [0.15, 0.2) is 0 Å². The van der Waals surface area contributed by atoms with E-state index in [4.69, 9.17) is 0 Å². The van der Waals surface area contributed by atoms with Gasteiger partial charge in [-0.1, -0.05) is 44.2 Å². The molecule has 1 atom stereocenters. The molecule has 1 aromatic carbocycles. The minimum atomic E-state index is 0.708. The Kier molecular flexibility index (Phi) is 5.04. The standard InChI is InChI=1S/C18H26/c1-3-5-6-9-15(4-2)18-13-12-16-10-7-8-11-17(16)14-18/h5-6,12-15H,3-4,7-11H2,1-2H3/b6-5-. The third-order valence-corrected chi connectivity index (χ3v) is 4.16. The molecule has 1 aliphatic carbocycles. The zero-order chi connectivity index (χ0) is 12.8. The summed E-state index contributed by atoms with van der Waals surface area (Å²) in [5.41, 5.74) is 4.78. The molecule has 2 rings (SSSR count). The Balaban J connectivity index is 2.12. The Hall–Kier alpha value is -1.04. The molecule has 18 heavy (non-hydrogen) atoms. The maximum atomic E-state index is 2.49. The van der Waals surface area contributed by atoms with Gasteiger partial charge in [0.25, 0.3) is 0 Å². The van der Waals surface area contributed by atoms with Gasteiger partial charge in [-0.15, -0.1) is 0 Å². The number of benzene rings is 1. The van der Waals surface area contributed by atoms with Gasteiger partial charge in [0.1, 0.15) is 0 Å². The zero-order valence-electron chi connectivity index (χ0n) is 11.9. The molecule has 0 fully saturated rings. The molecular weight excluding hydrogens is 216 g/mol. The van der Waals surface area contributed by atoms with Crippen LogP contribution in [0, 0.1) is 0 Å². The smallest absolute Gasteiger partial charge is 0.0130 e. The highest BCUT2D eigenvalue weighted by molar-refractivity contribution is 5.35. The van der Waals surface area contributed by atoms with Crippen molar-refractivity contribution in [3.63, 3.8) is 0 Å². The molecule has 1 aliphatic rings. The van der Waals surface area contributed by atoms with E-state index in [1.165, 1.54) is 38.5 Å². The number of aryl methyl sites for hydroxylation is 2. The largest absolute Gasteiger partial charge is 0.0888 e. The number of hydrogen-bond donors (Lipinski definition) is 0. The third kappa shape index (κ3) is 3.25. The summed E-state index contributed by atoms with van der Waals surface area (Å²) in [6, 6.07) is 7.25. The van der Waals surface area contributed by atoms with Gasteiger partial charge in [-0.3, -0.25) is 0 Å². The SMILES string of the molecule is CC/C=C\CC(CC)c1ccc2c(c1)CCCC2. The Bertz CT molecular complexity index is 400. The van der Waals surface area contributed by atoms with E-state index in [0.29, 0.717) is 5.92 Å². The first-order chi connectivity index (χ1) is 8.85. The molecule has 0 radical (unpaired) electrons. The second-order valence-electron chi connectivity index (χ2n) is 5.46. The molecule has 0 aliphatic heterocycles. The molecular formula is C18H26. The van der Waals surface area contributed by atoms with Crippen molar-refractivity contribution in [2.24, 2.45) is 0 Å². The van der Waals surface area contributed by atoms with Gasteiger partial charge >= 0.3 is 0 Å². The lowest BCUT2D eigenvalue weighted by molar-refractivity contribution is 0.658. The Labute approximate surface area is 112 Å². The van der Waals surface area contributed by atoms with Crippen LogP contribution in [0.2, 0.25) is 0 Å². The van der Waals surface area contributed by atoms with Gasteiger partial charge in [-0.05, 0) is 67.6 Å². The fourth-order valence-electron chi connectivity index (χ4n) is 2.97. The molecule has 0 N–H and O–H groups in total. The number of rotatable bonds is 5. The molecule has 0 aromatic heterocycles. The minimum Gasteiger partial charge on any atom is -0.0888 e. The summed E-state index contributed by atoms with van der Waals surface area (Å²) >= 11 is 0. The lowest BCUT2D eigenvalue weighted by Gasteiger charge is -2.20. The first-order valence-electron chi connectivity index (χ1n) is 7.61. The quantitative estimate of drug-likeness (QED) is 0.605. The number of fused-ring (bicyclic) bond motifs is 1. The van der Waals surface area contributed by atoms with Crippen molar-refractivity contribution >= 4 is 0 Å². The molecule has 0 saturated heterocycles. The molecule has 0 saturated carbocycles. The summed E-state index contributed by atoms with van der Waals surface area (Å²) in [5.74, 6) is 0.708. The summed E-state index contributed by atoms with van der Waals surface area (Å²) in [4.78, 5) is 0. The van der Waals surface area contributed by atoms with E-state index in [0.717, 1.165) is 6.42 Å². The Morgan fingerprint density at radius 1 is 1.06 bits per heavy atom. The molecule has 0 heterocycles. The van der Waals surface area contributed by atoms with Crippen molar-refractivity contribution in [2.45, 2.75) is 64.7 Å². The van der Waals surface area contributed by atoms with Crippen LogP contribution in [0.4, 0.5) is 0 Å². The molecule has 1 unspecified atom stereocenters. The van der Waals surface area contributed by atoms with Gasteiger partial charge in [-0.25, -0.2) is 0 Å². The summed E-state index contributed by atoms with van der Waals surface area (Å²) in [6.07, 6.45) is 13.6. The van der Waals surface area contributed by atoms with E-state index in [1.807, 2.05) is 0 Å². The average molecular weight is 242 g/mol. The molecule has 0 nitrogen and oxygen atoms in total. The van der Waals surface area contributed by atoms with Crippen LogP contribution < -0.4 is 0 Å². The van der Waals surface area contributed by atoms with Gasteiger partial charge in [-0.2, -0.15) is 0 Å². The van der Waals surface area contributed by atoms with E-state index in [-0.39, 0.29) is 0 Å². The highest BCUT2D eigenvalue weighted by atomic mass is 14.2. The summed E-state index contributed by atoms with van der Waals surface area (Å²) < 4.78 is 0. The predicted molar refractivity (Wildman–Crippen MR) is 80.2 cm³/mol. The average Bonchev–Trinajstić information content (AvgIpc) is 2.43. The highest BCUT2D eigenvalue weighted by Gasteiger charge is 2.13. The van der Waals surface area contributed by atoms with Gasteiger partial charge < -0.3 is 0 Å². The van der Waals surface area contributed by atoms with Crippen molar-refractivity contribution in [1.82, 2.24) is 0 Å². The lowest BCUT2D eigenvalue weighted by atomic mass is 9.86. The van der Waals surface area contributed by atoms with E-state index in [2.05, 4.69) is 44.2 Å². The van der Waals surface area contributed by atoms with E-state index < -0.39 is 0 Å². The van der Waals surface area contributed by atoms with E-state index >= 15 is 0 Å². The predicted octanol–water partition coefficient (Wildman–Crippen LogP) is 5.42. The third-order valence-electron chi connectivity index (χ3n) is 4.16. The van der Waals surface area contributed by atoms with Crippen LogP contribution >= 0.6 is 0 Å². The number of allylic oxidation sites excluding steroid dienone is 2. The molecule has 0 bridgehead atoms. The van der Waals surface area contributed by atoms with Crippen LogP contribution in [0.1, 0.15) is 68.6 Å². The Morgan fingerprint density at radius 2 is 1.83 bits per heavy atom. The second-order valence-corrected chi connectivity index (χ2v) is 5.46. The van der Waals surface area contributed by atoms with Gasteiger partial charge in [0.2, 0.25) is 0 Å². The lowest BCUT2D eigenvalue weighted by Crippen LogP contribution is -2.05. The van der Waals surface area contributed by atoms with Crippen molar-refractivity contribution < 1.29 is 0 Å². The molecule has 1 aromatic rings. The van der Waals surface area contributed by atoms with Crippen LogP contribution in [0.15, 0.2) is 30.4 Å². The van der Waals surface area contributed by atoms with Crippen molar-refractivity contribution in [3.05, 3.63) is 47.0 Å². The molecule has 98 valence electrons. The minimum absolute atomic E-state index is 0.708. The van der Waals surface area contributed by atoms with Gasteiger partial charge in [0, 0.05) is 0 Å². The van der Waals surface area contributed by atoms with Crippen LogP contribution in [0.5, 0.6) is 0 Å². The van der Waals surface area contributed by atoms with E-state index in [1.54, 1.807) is 16.7 Å². The van der Waals surface area contributed by atoms with Crippen LogP contribution in [-0.4, -0.2) is 0 Å². The fraction of sp³-hybridized carbons (Fsp3) is 0.556. The maximum Gasteiger partial charge on any atom is -0.0130 e. The summed E-state index contributed by atoms with van der Waals surface area (Å²) in [5, 5.41) is 0. The highest BCUT2D eigenvalue weighted by Crippen LogP contribution is 2.29. The van der Waals surface area contributed by atoms with Crippen molar-refractivity contribution in [1.29, 1.82) is 0 Å². The summed E-state index contributed by atoms with van der Waals surface area (Å²) in [6.45, 7) is 4.51.